The zero-order valence-electron chi connectivity index (χ0n) is 12.1. The van der Waals surface area contributed by atoms with Crippen LogP contribution < -0.4 is 10.6 Å². The number of amides is 1. The van der Waals surface area contributed by atoms with Gasteiger partial charge in [0.1, 0.15) is 0 Å². The molecule has 0 radical (unpaired) electrons. The summed E-state index contributed by atoms with van der Waals surface area (Å²) in [5.74, 6) is -0.249. The largest absolute Gasteiger partial charge is 0.380 e. The molecule has 0 bridgehead atoms. The molecule has 1 aromatic carbocycles. The van der Waals surface area contributed by atoms with E-state index in [0.717, 1.165) is 0 Å². The molecule has 2 atom stereocenters. The maximum Gasteiger partial charge on any atom is 0.241 e. The average Bonchev–Trinajstić information content (AvgIpc) is 2.96. The van der Waals surface area contributed by atoms with Gasteiger partial charge in [-0.1, -0.05) is 19.1 Å². The summed E-state index contributed by atoms with van der Waals surface area (Å²) in [6, 6.07) is 6.09. The number of ether oxygens (including phenoxy) is 1. The second kappa shape index (κ2) is 6.55. The Balaban J connectivity index is 2.15. The van der Waals surface area contributed by atoms with E-state index in [4.69, 9.17) is 4.74 Å². The van der Waals surface area contributed by atoms with Crippen molar-refractivity contribution < 1.29 is 17.9 Å². The lowest BCUT2D eigenvalue weighted by Crippen LogP contribution is -2.35. The van der Waals surface area contributed by atoms with Crippen LogP contribution in [0.4, 0.5) is 5.69 Å². The van der Waals surface area contributed by atoms with Gasteiger partial charge in [0.05, 0.1) is 28.5 Å². The van der Waals surface area contributed by atoms with Crippen LogP contribution in [0, 0.1) is 0 Å². The van der Waals surface area contributed by atoms with Crippen molar-refractivity contribution in [1.29, 1.82) is 0 Å². The highest BCUT2D eigenvalue weighted by Gasteiger charge is 2.30. The van der Waals surface area contributed by atoms with Crippen LogP contribution >= 0.6 is 0 Å². The third-order valence-corrected chi connectivity index (χ3v) is 5.39. The lowest BCUT2D eigenvalue weighted by atomic mass is 10.2. The number of nitrogens with one attached hydrogen (secondary N) is 2. The quantitative estimate of drug-likeness (QED) is 0.840. The van der Waals surface area contributed by atoms with E-state index in [0.29, 0.717) is 18.7 Å². The zero-order chi connectivity index (χ0) is 15.5. The second-order valence-corrected chi connectivity index (χ2v) is 7.19. The maximum absolute atomic E-state index is 12.2. The highest BCUT2D eigenvalue weighted by molar-refractivity contribution is 7.91. The van der Waals surface area contributed by atoms with Crippen molar-refractivity contribution in [1.82, 2.24) is 5.32 Å². The minimum absolute atomic E-state index is 0.00664. The topological polar surface area (TPSA) is 84.5 Å². The number of para-hydroxylation sites is 1. The Morgan fingerprint density at radius 1 is 1.43 bits per heavy atom. The first-order valence-corrected chi connectivity index (χ1v) is 8.52. The summed E-state index contributed by atoms with van der Waals surface area (Å²) >= 11 is 0. The van der Waals surface area contributed by atoms with Crippen molar-refractivity contribution in [3.63, 3.8) is 0 Å². The Morgan fingerprint density at radius 2 is 2.14 bits per heavy atom. The van der Waals surface area contributed by atoms with E-state index in [1.54, 1.807) is 32.2 Å². The van der Waals surface area contributed by atoms with Gasteiger partial charge in [-0.25, -0.2) is 8.42 Å². The number of anilines is 1. The highest BCUT2D eigenvalue weighted by Crippen LogP contribution is 2.23. The van der Waals surface area contributed by atoms with E-state index in [2.05, 4.69) is 10.6 Å². The van der Waals surface area contributed by atoms with Crippen molar-refractivity contribution in [2.24, 2.45) is 0 Å². The molecular formula is C14H20N2O4S. The number of rotatable bonds is 5. The molecule has 0 aromatic heterocycles. The minimum Gasteiger partial charge on any atom is -0.380 e. The van der Waals surface area contributed by atoms with Gasteiger partial charge in [0.15, 0.2) is 9.84 Å². The molecule has 7 heteroatoms. The maximum atomic E-state index is 12.2. The molecule has 1 fully saturated rings. The molecular weight excluding hydrogens is 292 g/mol. The Morgan fingerprint density at radius 3 is 2.76 bits per heavy atom. The fourth-order valence-electron chi connectivity index (χ4n) is 2.30. The monoisotopic (exact) mass is 312 g/mol. The molecule has 21 heavy (non-hydrogen) atoms. The van der Waals surface area contributed by atoms with Crippen molar-refractivity contribution in [2.75, 3.05) is 24.7 Å². The van der Waals surface area contributed by atoms with Crippen molar-refractivity contribution in [3.8, 4) is 0 Å². The van der Waals surface area contributed by atoms with E-state index in [-0.39, 0.29) is 28.7 Å². The molecule has 0 spiro atoms. The second-order valence-electron chi connectivity index (χ2n) is 4.94. The fraction of sp³-hybridized carbons (Fsp3) is 0.500. The first-order valence-electron chi connectivity index (χ1n) is 6.86. The molecule has 0 saturated carbocycles. The molecule has 116 valence electrons. The van der Waals surface area contributed by atoms with Crippen molar-refractivity contribution in [3.05, 3.63) is 24.3 Å². The molecule has 1 aliphatic heterocycles. The molecule has 6 nitrogen and oxygen atoms in total. The molecule has 2 unspecified atom stereocenters. The Labute approximate surface area is 124 Å². The van der Waals surface area contributed by atoms with Gasteiger partial charge in [-0.15, -0.1) is 0 Å². The Kier molecular flexibility index (Phi) is 4.97. The normalized spacial score (nSPS) is 22.2. The van der Waals surface area contributed by atoms with Crippen LogP contribution in [0.2, 0.25) is 0 Å². The summed E-state index contributed by atoms with van der Waals surface area (Å²) in [5, 5.41) is 5.76. The van der Waals surface area contributed by atoms with Gasteiger partial charge in [-0.3, -0.25) is 4.79 Å². The smallest absolute Gasteiger partial charge is 0.241 e. The summed E-state index contributed by atoms with van der Waals surface area (Å²) in [5.41, 5.74) is 0.326. The summed E-state index contributed by atoms with van der Waals surface area (Å²) in [6.45, 7) is 2.19. The molecule has 1 aromatic rings. The number of methoxy groups -OCH3 is 1. The number of hydrogen-bond acceptors (Lipinski definition) is 5. The predicted molar refractivity (Wildman–Crippen MR) is 80.0 cm³/mol. The summed E-state index contributed by atoms with van der Waals surface area (Å²) in [7, 11) is -1.77. The molecule has 1 saturated heterocycles. The van der Waals surface area contributed by atoms with Crippen LogP contribution in [0.3, 0.4) is 0 Å². The third kappa shape index (κ3) is 3.61. The Bertz CT molecular complexity index is 615. The average molecular weight is 312 g/mol. The molecule has 2 N–H and O–H groups in total. The van der Waals surface area contributed by atoms with E-state index in [9.17, 15) is 13.2 Å². The van der Waals surface area contributed by atoms with Crippen LogP contribution in [0.5, 0.6) is 0 Å². The summed E-state index contributed by atoms with van der Waals surface area (Å²) in [4.78, 5) is 12.4. The highest BCUT2D eigenvalue weighted by atomic mass is 32.2. The predicted octanol–water partition coefficient (Wildman–Crippen LogP) is 0.796. The minimum atomic E-state index is -3.37. The fourth-order valence-corrected chi connectivity index (χ4v) is 3.35. The van der Waals surface area contributed by atoms with Crippen LogP contribution in [0.25, 0.3) is 0 Å². The first kappa shape index (κ1) is 15.9. The van der Waals surface area contributed by atoms with Crippen molar-refractivity contribution >= 4 is 21.4 Å². The molecule has 1 aliphatic rings. The van der Waals surface area contributed by atoms with Gasteiger partial charge in [-0.05, 0) is 18.6 Å². The first-order chi connectivity index (χ1) is 9.97. The number of carbonyl (C=O) groups is 1. The number of hydrogen-bond donors (Lipinski definition) is 2. The lowest BCUT2D eigenvalue weighted by Gasteiger charge is -2.14. The summed E-state index contributed by atoms with van der Waals surface area (Å²) < 4.78 is 29.3. The van der Waals surface area contributed by atoms with E-state index in [1.807, 2.05) is 0 Å². The van der Waals surface area contributed by atoms with E-state index >= 15 is 0 Å². The van der Waals surface area contributed by atoms with Crippen LogP contribution in [0.1, 0.15) is 13.3 Å². The molecule has 2 rings (SSSR count). The standard InChI is InChI=1S/C14H20N2O4S/c1-3-21(18,19)13-7-5-4-6-11(13)16-14(17)12-8-10(20-2)9-15-12/h4-7,10,12,15H,3,8-9H2,1-2H3,(H,16,17). The van der Waals surface area contributed by atoms with Gasteiger partial charge in [0.25, 0.3) is 0 Å². The third-order valence-electron chi connectivity index (χ3n) is 3.60. The number of benzene rings is 1. The molecule has 1 heterocycles. The SMILES string of the molecule is CCS(=O)(=O)c1ccccc1NC(=O)C1CC(OC)CN1. The van der Waals surface area contributed by atoms with Gasteiger partial charge in [0, 0.05) is 13.7 Å². The molecule has 0 aliphatic carbocycles. The van der Waals surface area contributed by atoms with Crippen LogP contribution in [-0.2, 0) is 19.4 Å². The van der Waals surface area contributed by atoms with Gasteiger partial charge in [0.2, 0.25) is 5.91 Å². The summed E-state index contributed by atoms with van der Waals surface area (Å²) in [6.07, 6.45) is 0.584. The zero-order valence-corrected chi connectivity index (χ0v) is 12.9. The van der Waals surface area contributed by atoms with E-state index in [1.165, 1.54) is 6.07 Å². The van der Waals surface area contributed by atoms with Crippen LogP contribution in [-0.4, -0.2) is 45.9 Å². The van der Waals surface area contributed by atoms with Gasteiger partial charge in [-0.2, -0.15) is 0 Å². The Hall–Kier alpha value is -1.44. The van der Waals surface area contributed by atoms with Crippen LogP contribution in [0.15, 0.2) is 29.2 Å². The molecule has 1 amide bonds. The van der Waals surface area contributed by atoms with Crippen molar-refractivity contribution in [2.45, 2.75) is 30.4 Å². The van der Waals surface area contributed by atoms with E-state index < -0.39 is 9.84 Å². The van der Waals surface area contributed by atoms with Gasteiger partial charge >= 0.3 is 0 Å². The lowest BCUT2D eigenvalue weighted by molar-refractivity contribution is -0.118. The number of sulfone groups is 1. The van der Waals surface area contributed by atoms with Gasteiger partial charge < -0.3 is 15.4 Å². The number of carbonyl (C=O) groups excluding carboxylic acids is 1.